The lowest BCUT2D eigenvalue weighted by Gasteiger charge is -2.22. The van der Waals surface area contributed by atoms with Crippen molar-refractivity contribution in [3.8, 4) is 0 Å². The number of non-ortho nitro benzene ring substituents is 2. The zero-order valence-electron chi connectivity index (χ0n) is 21.2. The second-order valence-corrected chi connectivity index (χ2v) is 12.0. The maximum absolute atomic E-state index is 14.4. The fourth-order valence-corrected chi connectivity index (χ4v) is 6.40. The van der Waals surface area contributed by atoms with E-state index in [0.717, 1.165) is 0 Å². The topological polar surface area (TPSA) is 120 Å². The average molecular weight is 609 g/mol. The number of sulfone groups is 1. The molecule has 0 aliphatic rings. The molecule has 0 N–H and O–H groups in total. The lowest BCUT2D eigenvalue weighted by atomic mass is 10.1. The van der Waals surface area contributed by atoms with Gasteiger partial charge in [0.1, 0.15) is 10.5 Å². The van der Waals surface area contributed by atoms with E-state index in [1.165, 1.54) is 60.7 Å². The van der Waals surface area contributed by atoms with Crippen LogP contribution in [0.2, 0.25) is 10.0 Å². The Labute approximate surface area is 246 Å². The minimum Gasteiger partial charge on any atom is -0.258 e. The molecule has 0 saturated heterocycles. The summed E-state index contributed by atoms with van der Waals surface area (Å²) in [6.45, 7) is 0. The third-order valence-corrected chi connectivity index (χ3v) is 8.97. The highest BCUT2D eigenvalue weighted by atomic mass is 35.5. The molecule has 4 aromatic carbocycles. The standard InChI is InChI=1S/C30H22Cl2N2O6S/c31-25-13-9-23(10-14-25)29(17-7-21-3-1-5-27(19-21)33(35)36)41(39,40)30(24-11-15-26(32)16-12-24)18-8-22-4-2-6-28(20-22)34(37)38/h1-20,29-30H. The Kier molecular flexibility index (Phi) is 9.34. The number of nitrogens with zero attached hydrogens (tertiary/aromatic N) is 2. The molecule has 4 rings (SSSR count). The highest BCUT2D eigenvalue weighted by Crippen LogP contribution is 2.38. The minimum absolute atomic E-state index is 0.128. The van der Waals surface area contributed by atoms with Gasteiger partial charge in [0, 0.05) is 34.3 Å². The monoisotopic (exact) mass is 608 g/mol. The number of nitro groups is 2. The summed E-state index contributed by atoms with van der Waals surface area (Å²) in [6, 6.07) is 24.4. The van der Waals surface area contributed by atoms with Gasteiger partial charge in [-0.2, -0.15) is 0 Å². The Morgan fingerprint density at radius 1 is 0.610 bits per heavy atom. The molecule has 0 fully saturated rings. The van der Waals surface area contributed by atoms with E-state index in [2.05, 4.69) is 0 Å². The van der Waals surface area contributed by atoms with E-state index in [0.29, 0.717) is 32.3 Å². The van der Waals surface area contributed by atoms with E-state index in [-0.39, 0.29) is 11.4 Å². The number of nitro benzene ring substituents is 2. The summed E-state index contributed by atoms with van der Waals surface area (Å²) < 4.78 is 28.8. The predicted octanol–water partition coefficient (Wildman–Crippen LogP) is 8.43. The number of benzene rings is 4. The van der Waals surface area contributed by atoms with Crippen LogP contribution in [0.1, 0.15) is 32.8 Å². The molecule has 0 aliphatic heterocycles. The van der Waals surface area contributed by atoms with Crippen molar-refractivity contribution in [2.75, 3.05) is 0 Å². The maximum atomic E-state index is 14.4. The van der Waals surface area contributed by atoms with Gasteiger partial charge in [0.25, 0.3) is 11.4 Å². The largest absolute Gasteiger partial charge is 0.270 e. The van der Waals surface area contributed by atoms with Gasteiger partial charge in [-0.1, -0.05) is 96.0 Å². The third-order valence-electron chi connectivity index (χ3n) is 6.19. The predicted molar refractivity (Wildman–Crippen MR) is 162 cm³/mol. The first kappa shape index (κ1) is 29.7. The Morgan fingerprint density at radius 2 is 0.976 bits per heavy atom. The van der Waals surface area contributed by atoms with Gasteiger partial charge in [-0.15, -0.1) is 0 Å². The Bertz CT molecular complexity index is 1610. The summed E-state index contributed by atoms with van der Waals surface area (Å²) in [7, 11) is -4.12. The van der Waals surface area contributed by atoms with Crippen LogP contribution in [-0.2, 0) is 9.84 Å². The van der Waals surface area contributed by atoms with E-state index in [9.17, 15) is 28.6 Å². The highest BCUT2D eigenvalue weighted by Gasteiger charge is 2.33. The van der Waals surface area contributed by atoms with Gasteiger partial charge < -0.3 is 0 Å². The Morgan fingerprint density at radius 3 is 1.32 bits per heavy atom. The normalized spacial score (nSPS) is 13.3. The molecule has 4 aromatic rings. The molecule has 0 spiro atoms. The van der Waals surface area contributed by atoms with Crippen LogP contribution in [0.15, 0.2) is 109 Å². The van der Waals surface area contributed by atoms with Gasteiger partial charge >= 0.3 is 0 Å². The molecule has 2 atom stereocenters. The molecular weight excluding hydrogens is 587 g/mol. The van der Waals surface area contributed by atoms with E-state index in [1.54, 1.807) is 60.7 Å². The highest BCUT2D eigenvalue weighted by molar-refractivity contribution is 7.92. The number of hydrogen-bond acceptors (Lipinski definition) is 6. The summed E-state index contributed by atoms with van der Waals surface area (Å²) in [5.41, 5.74) is 1.50. The molecule has 208 valence electrons. The lowest BCUT2D eigenvalue weighted by Crippen LogP contribution is -2.19. The van der Waals surface area contributed by atoms with Crippen molar-refractivity contribution < 1.29 is 18.3 Å². The summed E-state index contributed by atoms with van der Waals surface area (Å²) in [6.07, 6.45) is 5.99. The molecule has 0 amide bonds. The summed E-state index contributed by atoms with van der Waals surface area (Å²) in [5.74, 6) is 0. The molecule has 11 heteroatoms. The Hall–Kier alpha value is -4.31. The van der Waals surface area contributed by atoms with Gasteiger partial charge in [0.2, 0.25) is 0 Å². The van der Waals surface area contributed by atoms with Crippen molar-refractivity contribution in [3.05, 3.63) is 162 Å². The lowest BCUT2D eigenvalue weighted by molar-refractivity contribution is -0.385. The molecular formula is C30H22Cl2N2O6S. The number of rotatable bonds is 10. The van der Waals surface area contributed by atoms with E-state index in [4.69, 9.17) is 23.2 Å². The van der Waals surface area contributed by atoms with Crippen molar-refractivity contribution in [3.63, 3.8) is 0 Å². The van der Waals surface area contributed by atoms with Crippen LogP contribution < -0.4 is 0 Å². The molecule has 8 nitrogen and oxygen atoms in total. The van der Waals surface area contributed by atoms with Gasteiger partial charge in [-0.05, 0) is 46.5 Å². The molecule has 0 aliphatic carbocycles. The van der Waals surface area contributed by atoms with Crippen LogP contribution in [-0.4, -0.2) is 18.3 Å². The molecule has 2 unspecified atom stereocenters. The van der Waals surface area contributed by atoms with Crippen molar-refractivity contribution in [1.82, 2.24) is 0 Å². The van der Waals surface area contributed by atoms with Crippen molar-refractivity contribution in [1.29, 1.82) is 0 Å². The fourth-order valence-electron chi connectivity index (χ4n) is 4.16. The van der Waals surface area contributed by atoms with Crippen LogP contribution in [0.4, 0.5) is 11.4 Å². The van der Waals surface area contributed by atoms with Gasteiger partial charge in [0.15, 0.2) is 9.84 Å². The SMILES string of the molecule is O=[N+]([O-])c1cccc(C=CC(c2ccc(Cl)cc2)S(=O)(=O)C(C=Cc2cccc([N+](=O)[O-])c2)c2ccc(Cl)cc2)c1. The van der Waals surface area contributed by atoms with Crippen LogP contribution in [0.3, 0.4) is 0 Å². The zero-order chi connectivity index (χ0) is 29.6. The number of hydrogen-bond donors (Lipinski definition) is 0. The van der Waals surface area contributed by atoms with E-state index in [1.807, 2.05) is 0 Å². The molecule has 0 saturated carbocycles. The maximum Gasteiger partial charge on any atom is 0.270 e. The van der Waals surface area contributed by atoms with Crippen LogP contribution in [0.5, 0.6) is 0 Å². The number of halogens is 2. The van der Waals surface area contributed by atoms with Crippen LogP contribution in [0.25, 0.3) is 12.2 Å². The first-order valence-corrected chi connectivity index (χ1v) is 14.5. The average Bonchev–Trinajstić information content (AvgIpc) is 2.95. The molecule has 41 heavy (non-hydrogen) atoms. The summed E-state index contributed by atoms with van der Waals surface area (Å²) >= 11 is 12.1. The van der Waals surface area contributed by atoms with Gasteiger partial charge in [0.05, 0.1) is 9.85 Å². The summed E-state index contributed by atoms with van der Waals surface area (Å²) in [5, 5.41) is 21.0. The smallest absolute Gasteiger partial charge is 0.258 e. The first-order chi connectivity index (χ1) is 19.5. The second kappa shape index (κ2) is 12.9. The fraction of sp³-hybridized carbons (Fsp3) is 0.0667. The molecule has 0 bridgehead atoms. The van der Waals surface area contributed by atoms with Crippen LogP contribution in [0, 0.1) is 20.2 Å². The van der Waals surface area contributed by atoms with Crippen molar-refractivity contribution in [2.24, 2.45) is 0 Å². The van der Waals surface area contributed by atoms with Crippen molar-refractivity contribution in [2.45, 2.75) is 10.5 Å². The summed E-state index contributed by atoms with van der Waals surface area (Å²) in [4.78, 5) is 21.4. The zero-order valence-corrected chi connectivity index (χ0v) is 23.5. The molecule has 0 radical (unpaired) electrons. The second-order valence-electron chi connectivity index (χ2n) is 8.96. The van der Waals surface area contributed by atoms with Crippen LogP contribution >= 0.6 is 23.2 Å². The van der Waals surface area contributed by atoms with E-state index >= 15 is 0 Å². The van der Waals surface area contributed by atoms with Crippen molar-refractivity contribution >= 4 is 56.6 Å². The molecule has 0 aromatic heterocycles. The van der Waals surface area contributed by atoms with E-state index < -0.39 is 30.2 Å². The minimum atomic E-state index is -4.12. The quantitative estimate of drug-likeness (QED) is 0.131. The first-order valence-electron chi connectivity index (χ1n) is 12.1. The molecule has 0 heterocycles. The Balaban J connectivity index is 1.83. The third kappa shape index (κ3) is 7.46. The van der Waals surface area contributed by atoms with Gasteiger partial charge in [-0.3, -0.25) is 20.2 Å². The van der Waals surface area contributed by atoms with Gasteiger partial charge in [-0.25, -0.2) is 8.42 Å².